The maximum Gasteiger partial charge on any atom is 0.238 e. The van der Waals surface area contributed by atoms with E-state index in [1.807, 2.05) is 30.3 Å². The van der Waals surface area contributed by atoms with Crippen LogP contribution in [0.1, 0.15) is 15.4 Å². The molecule has 0 atom stereocenters. The Morgan fingerprint density at radius 1 is 1.06 bits per heavy atom. The van der Waals surface area contributed by atoms with Crippen molar-refractivity contribution < 1.29 is 9.59 Å². The van der Waals surface area contributed by atoms with Crippen LogP contribution in [0.3, 0.4) is 0 Å². The van der Waals surface area contributed by atoms with Crippen molar-refractivity contribution in [2.45, 2.75) is 6.42 Å². The van der Waals surface area contributed by atoms with E-state index in [9.17, 15) is 9.59 Å². The highest BCUT2D eigenvalue weighted by atomic mass is 79.9. The highest BCUT2D eigenvalue weighted by molar-refractivity contribution is 9.10. The molecule has 1 aliphatic heterocycles. The van der Waals surface area contributed by atoms with Crippen LogP contribution in [0.4, 0.5) is 5.69 Å². The molecule has 32 heavy (non-hydrogen) atoms. The summed E-state index contributed by atoms with van der Waals surface area (Å²) in [6, 6.07) is 15.0. The maximum atomic E-state index is 12.9. The predicted octanol–water partition coefficient (Wildman–Crippen LogP) is 3.58. The molecular formula is C23H24BrN5O2S. The zero-order valence-corrected chi connectivity index (χ0v) is 20.2. The molecule has 0 radical (unpaired) electrons. The van der Waals surface area contributed by atoms with Gasteiger partial charge in [0.1, 0.15) is 10.0 Å². The molecular weight excluding hydrogens is 490 g/mol. The number of halogens is 1. The first kappa shape index (κ1) is 22.7. The molecule has 166 valence electrons. The van der Waals surface area contributed by atoms with E-state index >= 15 is 0 Å². The Kier molecular flexibility index (Phi) is 7.41. The number of hydrogen-bond donors (Lipinski definition) is 1. The molecule has 0 unspecified atom stereocenters. The number of rotatable bonds is 7. The fraction of sp³-hybridized carbons (Fsp3) is 0.304. The van der Waals surface area contributed by atoms with Gasteiger partial charge in [0.25, 0.3) is 0 Å². The number of hydrogen-bond acceptors (Lipinski definition) is 7. The summed E-state index contributed by atoms with van der Waals surface area (Å²) in [5, 5.41) is 12.8. The number of aromatic nitrogens is 2. The van der Waals surface area contributed by atoms with Gasteiger partial charge < -0.3 is 10.2 Å². The normalized spacial score (nSPS) is 14.9. The molecule has 7 nitrogen and oxygen atoms in total. The van der Waals surface area contributed by atoms with Gasteiger partial charge in [-0.3, -0.25) is 14.5 Å². The summed E-state index contributed by atoms with van der Waals surface area (Å²) in [7, 11) is 2.08. The minimum absolute atomic E-state index is 0.0668. The van der Waals surface area contributed by atoms with E-state index in [0.717, 1.165) is 41.2 Å². The van der Waals surface area contributed by atoms with E-state index in [4.69, 9.17) is 0 Å². The van der Waals surface area contributed by atoms with E-state index in [-0.39, 0.29) is 18.1 Å². The number of carbonyl (C=O) groups excluding carboxylic acids is 2. The van der Waals surface area contributed by atoms with E-state index in [1.54, 1.807) is 18.2 Å². The molecule has 1 aliphatic rings. The largest absolute Gasteiger partial charge is 0.324 e. The third-order valence-corrected chi connectivity index (χ3v) is 6.99. The summed E-state index contributed by atoms with van der Waals surface area (Å²) in [4.78, 5) is 29.8. The first-order chi connectivity index (χ1) is 15.5. The van der Waals surface area contributed by atoms with Crippen LogP contribution in [0.25, 0.3) is 10.6 Å². The average Bonchev–Trinajstić information content (AvgIpc) is 3.26. The number of ketones is 1. The second-order valence-electron chi connectivity index (χ2n) is 7.79. The molecule has 0 aliphatic carbocycles. The van der Waals surface area contributed by atoms with Gasteiger partial charge in [-0.15, -0.1) is 10.2 Å². The summed E-state index contributed by atoms with van der Waals surface area (Å²) in [6.07, 6.45) is 0.167. The van der Waals surface area contributed by atoms with Gasteiger partial charge in [0.05, 0.1) is 18.7 Å². The number of anilines is 1. The number of benzene rings is 2. The summed E-state index contributed by atoms with van der Waals surface area (Å²) in [5.74, 6) is -0.153. The van der Waals surface area contributed by atoms with Crippen LogP contribution in [-0.4, -0.2) is 71.5 Å². The van der Waals surface area contributed by atoms with Crippen molar-refractivity contribution in [3.63, 3.8) is 0 Å². The molecule has 0 spiro atoms. The lowest BCUT2D eigenvalue weighted by molar-refractivity contribution is -0.117. The monoisotopic (exact) mass is 513 g/mol. The zero-order valence-electron chi connectivity index (χ0n) is 17.8. The number of likely N-dealkylation sites (N-methyl/N-ethyl adjacent to an activating group) is 1. The smallest absolute Gasteiger partial charge is 0.238 e. The Bertz CT molecular complexity index is 1100. The van der Waals surface area contributed by atoms with Crippen molar-refractivity contribution >= 4 is 44.6 Å². The van der Waals surface area contributed by atoms with Gasteiger partial charge in [-0.25, -0.2) is 0 Å². The molecule has 4 rings (SSSR count). The van der Waals surface area contributed by atoms with Crippen molar-refractivity contribution in [1.82, 2.24) is 20.0 Å². The van der Waals surface area contributed by atoms with Crippen molar-refractivity contribution in [3.8, 4) is 10.6 Å². The van der Waals surface area contributed by atoms with Gasteiger partial charge in [-0.05, 0) is 35.1 Å². The van der Waals surface area contributed by atoms with Crippen LogP contribution in [-0.2, 0) is 11.2 Å². The Balaban J connectivity index is 1.39. The topological polar surface area (TPSA) is 78.4 Å². The lowest BCUT2D eigenvalue weighted by Crippen LogP contribution is -2.47. The molecule has 1 N–H and O–H groups in total. The van der Waals surface area contributed by atoms with Crippen molar-refractivity contribution in [2.24, 2.45) is 0 Å². The molecule has 9 heteroatoms. The number of nitrogens with zero attached hydrogens (tertiary/aromatic N) is 4. The van der Waals surface area contributed by atoms with Crippen LogP contribution in [0.5, 0.6) is 0 Å². The van der Waals surface area contributed by atoms with E-state index < -0.39 is 0 Å². The van der Waals surface area contributed by atoms with Crippen LogP contribution >= 0.6 is 27.3 Å². The number of amides is 1. The maximum absolute atomic E-state index is 12.9. The second kappa shape index (κ2) is 10.4. The van der Waals surface area contributed by atoms with Crippen LogP contribution in [0.15, 0.2) is 53.0 Å². The molecule has 0 saturated carbocycles. The molecule has 1 saturated heterocycles. The van der Waals surface area contributed by atoms with Gasteiger partial charge in [0.2, 0.25) is 5.91 Å². The molecule has 1 fully saturated rings. The standard InChI is InChI=1S/C23H24BrN5O2S/c1-28-9-11-29(12-10-28)15-21(31)25-19-13-17(7-8-18(19)24)20(30)14-22-26-27-23(32-22)16-5-3-2-4-6-16/h2-8,13H,9-12,14-15H2,1H3,(H,25,31). The molecule has 3 aromatic rings. The molecule has 1 amide bonds. The first-order valence-electron chi connectivity index (χ1n) is 10.4. The van der Waals surface area contributed by atoms with Crippen LogP contribution in [0.2, 0.25) is 0 Å². The second-order valence-corrected chi connectivity index (χ2v) is 9.71. The Hall–Kier alpha value is -2.46. The van der Waals surface area contributed by atoms with Gasteiger partial charge in [0.15, 0.2) is 5.78 Å². The SMILES string of the molecule is CN1CCN(CC(=O)Nc2cc(C(=O)Cc3nnc(-c4ccccc4)s3)ccc2Br)CC1. The fourth-order valence-corrected chi connectivity index (χ4v) is 4.64. The lowest BCUT2D eigenvalue weighted by atomic mass is 10.1. The fourth-order valence-electron chi connectivity index (χ4n) is 3.46. The number of nitrogens with one attached hydrogen (secondary N) is 1. The van der Waals surface area contributed by atoms with E-state index in [2.05, 4.69) is 48.3 Å². The molecule has 2 aromatic carbocycles. The van der Waals surface area contributed by atoms with E-state index in [0.29, 0.717) is 22.8 Å². The quantitative estimate of drug-likeness (QED) is 0.486. The van der Waals surface area contributed by atoms with Crippen LogP contribution in [0, 0.1) is 0 Å². The molecule has 0 bridgehead atoms. The Labute approximate surface area is 199 Å². The number of piperazine rings is 1. The highest BCUT2D eigenvalue weighted by Gasteiger charge is 2.18. The van der Waals surface area contributed by atoms with Gasteiger partial charge in [-0.1, -0.05) is 47.7 Å². The summed E-state index contributed by atoms with van der Waals surface area (Å²) in [6.45, 7) is 4.00. The third kappa shape index (κ3) is 5.86. The Morgan fingerprint density at radius 3 is 2.56 bits per heavy atom. The number of carbonyl (C=O) groups is 2. The minimum atomic E-state index is -0.0866. The lowest BCUT2D eigenvalue weighted by Gasteiger charge is -2.31. The van der Waals surface area contributed by atoms with Gasteiger partial charge >= 0.3 is 0 Å². The molecule has 2 heterocycles. The van der Waals surface area contributed by atoms with Gasteiger partial charge in [-0.2, -0.15) is 0 Å². The highest BCUT2D eigenvalue weighted by Crippen LogP contribution is 2.26. The Morgan fingerprint density at radius 2 is 1.81 bits per heavy atom. The third-order valence-electron chi connectivity index (χ3n) is 5.32. The summed E-state index contributed by atoms with van der Waals surface area (Å²) >= 11 is 4.89. The van der Waals surface area contributed by atoms with Gasteiger partial charge in [0, 0.05) is 41.8 Å². The molecule has 1 aromatic heterocycles. The summed E-state index contributed by atoms with van der Waals surface area (Å²) in [5.41, 5.74) is 2.11. The van der Waals surface area contributed by atoms with Crippen molar-refractivity contribution in [3.05, 3.63) is 63.6 Å². The number of Topliss-reactive ketones (excluding diaryl/α,β-unsaturated/α-hetero) is 1. The summed E-state index contributed by atoms with van der Waals surface area (Å²) < 4.78 is 0.739. The average molecular weight is 514 g/mol. The first-order valence-corrected chi connectivity index (χ1v) is 12.0. The van der Waals surface area contributed by atoms with Crippen molar-refractivity contribution in [1.29, 1.82) is 0 Å². The minimum Gasteiger partial charge on any atom is -0.324 e. The van der Waals surface area contributed by atoms with E-state index in [1.165, 1.54) is 11.3 Å². The predicted molar refractivity (Wildman–Crippen MR) is 130 cm³/mol. The van der Waals surface area contributed by atoms with Crippen molar-refractivity contribution in [2.75, 3.05) is 45.1 Å². The van der Waals surface area contributed by atoms with Crippen LogP contribution < -0.4 is 5.32 Å². The zero-order chi connectivity index (χ0) is 22.5.